The van der Waals surface area contributed by atoms with E-state index < -0.39 is 6.17 Å². The van der Waals surface area contributed by atoms with Crippen LogP contribution in [-0.2, 0) is 5.54 Å². The van der Waals surface area contributed by atoms with E-state index in [2.05, 4.69) is 15.4 Å². The summed E-state index contributed by atoms with van der Waals surface area (Å²) in [6.07, 6.45) is -1.37. The first-order valence-corrected chi connectivity index (χ1v) is 6.88. The van der Waals surface area contributed by atoms with Gasteiger partial charge in [0.1, 0.15) is 0 Å². The third-order valence-electron chi connectivity index (χ3n) is 3.32. The van der Waals surface area contributed by atoms with E-state index in [1.54, 1.807) is 6.07 Å². The highest BCUT2D eigenvalue weighted by atomic mass is 19.1. The average molecular weight is 284 g/mol. The molecule has 0 bridgehead atoms. The van der Waals surface area contributed by atoms with E-state index in [0.29, 0.717) is 5.56 Å². The van der Waals surface area contributed by atoms with Crippen molar-refractivity contribution >= 4 is 10.8 Å². The highest BCUT2D eigenvalue weighted by Crippen LogP contribution is 2.26. The topological polar surface area (TPSA) is 43.6 Å². The summed E-state index contributed by atoms with van der Waals surface area (Å²) in [6, 6.07) is 13.4. The van der Waals surface area contributed by atoms with E-state index in [1.165, 1.54) is 4.80 Å². The van der Waals surface area contributed by atoms with Crippen LogP contribution in [0.3, 0.4) is 0 Å². The third kappa shape index (κ3) is 2.63. The summed E-state index contributed by atoms with van der Waals surface area (Å²) >= 11 is 0. The maximum absolute atomic E-state index is 14.6. The summed E-state index contributed by atoms with van der Waals surface area (Å²) in [5.41, 5.74) is 0.233. The SMILES string of the molecule is CC(C)(C)n1nnc(C(F)c2ccc3ccccc3c2)n1. The number of halogens is 1. The van der Waals surface area contributed by atoms with Crippen molar-refractivity contribution in [2.75, 3.05) is 0 Å². The van der Waals surface area contributed by atoms with Gasteiger partial charge in [-0.15, -0.1) is 10.2 Å². The van der Waals surface area contributed by atoms with Crippen molar-refractivity contribution in [1.82, 2.24) is 20.2 Å². The minimum Gasteiger partial charge on any atom is -0.233 e. The lowest BCUT2D eigenvalue weighted by Gasteiger charge is -2.15. The van der Waals surface area contributed by atoms with Crippen LogP contribution in [0.1, 0.15) is 38.3 Å². The zero-order chi connectivity index (χ0) is 15.0. The van der Waals surface area contributed by atoms with Crippen LogP contribution < -0.4 is 0 Å². The van der Waals surface area contributed by atoms with Crippen molar-refractivity contribution in [3.8, 4) is 0 Å². The Balaban J connectivity index is 1.96. The first-order chi connectivity index (χ1) is 9.95. The van der Waals surface area contributed by atoms with Gasteiger partial charge in [0.2, 0.25) is 5.82 Å². The molecule has 0 amide bonds. The Kier molecular flexibility index (Phi) is 3.20. The second-order valence-electron chi connectivity index (χ2n) is 6.08. The second kappa shape index (κ2) is 4.91. The first-order valence-electron chi connectivity index (χ1n) is 6.88. The monoisotopic (exact) mass is 284 g/mol. The third-order valence-corrected chi connectivity index (χ3v) is 3.32. The van der Waals surface area contributed by atoms with Crippen molar-refractivity contribution in [2.45, 2.75) is 32.5 Å². The fourth-order valence-electron chi connectivity index (χ4n) is 2.13. The van der Waals surface area contributed by atoms with E-state index in [0.717, 1.165) is 10.8 Å². The summed E-state index contributed by atoms with van der Waals surface area (Å²) < 4.78 is 14.6. The fourth-order valence-corrected chi connectivity index (χ4v) is 2.13. The number of tetrazole rings is 1. The molecule has 108 valence electrons. The standard InChI is InChI=1S/C16H17FN4/c1-16(2,3)21-19-15(18-20-21)14(17)13-9-8-11-6-4-5-7-12(11)10-13/h4-10,14H,1-3H3. The van der Waals surface area contributed by atoms with Gasteiger partial charge < -0.3 is 0 Å². The summed E-state index contributed by atoms with van der Waals surface area (Å²) in [7, 11) is 0. The molecule has 0 aliphatic rings. The van der Waals surface area contributed by atoms with E-state index in [9.17, 15) is 4.39 Å². The Morgan fingerprint density at radius 3 is 2.43 bits per heavy atom. The molecule has 21 heavy (non-hydrogen) atoms. The number of nitrogens with zero attached hydrogens (tertiary/aromatic N) is 4. The fraction of sp³-hybridized carbons (Fsp3) is 0.312. The quantitative estimate of drug-likeness (QED) is 0.721. The van der Waals surface area contributed by atoms with Gasteiger partial charge in [-0.25, -0.2) is 4.39 Å². The smallest absolute Gasteiger partial charge is 0.213 e. The van der Waals surface area contributed by atoms with Crippen LogP contribution in [0.5, 0.6) is 0 Å². The number of aromatic nitrogens is 4. The Labute approximate surface area is 122 Å². The Hall–Kier alpha value is -2.30. The molecule has 2 aromatic carbocycles. The maximum Gasteiger partial charge on any atom is 0.213 e. The molecule has 3 rings (SSSR count). The lowest BCUT2D eigenvalue weighted by molar-refractivity contribution is 0.301. The van der Waals surface area contributed by atoms with Crippen LogP contribution >= 0.6 is 0 Å². The van der Waals surface area contributed by atoms with Gasteiger partial charge in [-0.1, -0.05) is 36.4 Å². The Bertz CT molecular complexity index is 773. The van der Waals surface area contributed by atoms with Crippen molar-refractivity contribution in [1.29, 1.82) is 0 Å². The molecule has 0 aliphatic carbocycles. The molecule has 3 aromatic rings. The molecule has 0 saturated carbocycles. The van der Waals surface area contributed by atoms with E-state index in [-0.39, 0.29) is 11.4 Å². The van der Waals surface area contributed by atoms with Gasteiger partial charge in [0, 0.05) is 0 Å². The minimum atomic E-state index is -1.37. The summed E-state index contributed by atoms with van der Waals surface area (Å²) in [5, 5.41) is 14.0. The van der Waals surface area contributed by atoms with Crippen LogP contribution in [0.4, 0.5) is 4.39 Å². The number of hydrogen-bond acceptors (Lipinski definition) is 3. The number of benzene rings is 2. The van der Waals surface area contributed by atoms with Crippen molar-refractivity contribution < 1.29 is 4.39 Å². The van der Waals surface area contributed by atoms with Crippen LogP contribution in [0, 0.1) is 0 Å². The van der Waals surface area contributed by atoms with Gasteiger partial charge in [-0.05, 0) is 48.4 Å². The molecule has 0 spiro atoms. The van der Waals surface area contributed by atoms with Crippen LogP contribution in [0.15, 0.2) is 42.5 Å². The highest BCUT2D eigenvalue weighted by Gasteiger charge is 2.23. The van der Waals surface area contributed by atoms with Gasteiger partial charge in [0.05, 0.1) is 5.54 Å². The highest BCUT2D eigenvalue weighted by molar-refractivity contribution is 5.83. The van der Waals surface area contributed by atoms with Gasteiger partial charge in [0.25, 0.3) is 0 Å². The predicted octanol–water partition coefficient (Wildman–Crippen LogP) is 3.64. The minimum absolute atomic E-state index is 0.0974. The molecule has 1 atom stereocenters. The van der Waals surface area contributed by atoms with E-state index in [1.807, 2.05) is 57.2 Å². The molecule has 0 fully saturated rings. The van der Waals surface area contributed by atoms with Crippen molar-refractivity contribution in [3.63, 3.8) is 0 Å². The zero-order valence-electron chi connectivity index (χ0n) is 12.3. The maximum atomic E-state index is 14.6. The average Bonchev–Trinajstić information content (AvgIpc) is 2.96. The number of hydrogen-bond donors (Lipinski definition) is 0. The molecule has 0 aliphatic heterocycles. The summed E-state index contributed by atoms with van der Waals surface area (Å²) in [6.45, 7) is 5.84. The van der Waals surface area contributed by atoms with E-state index in [4.69, 9.17) is 0 Å². The van der Waals surface area contributed by atoms with Gasteiger partial charge >= 0.3 is 0 Å². The van der Waals surface area contributed by atoms with Gasteiger partial charge in [0.15, 0.2) is 6.17 Å². The van der Waals surface area contributed by atoms with Gasteiger partial charge in [-0.2, -0.15) is 4.80 Å². The van der Waals surface area contributed by atoms with Crippen molar-refractivity contribution in [3.05, 3.63) is 53.9 Å². The predicted molar refractivity (Wildman–Crippen MR) is 79.7 cm³/mol. The molecule has 1 aromatic heterocycles. The van der Waals surface area contributed by atoms with Crippen LogP contribution in [0.25, 0.3) is 10.8 Å². The lowest BCUT2D eigenvalue weighted by atomic mass is 10.0. The number of alkyl halides is 1. The molecule has 5 heteroatoms. The van der Waals surface area contributed by atoms with Crippen molar-refractivity contribution in [2.24, 2.45) is 0 Å². The summed E-state index contributed by atoms with van der Waals surface area (Å²) in [5.74, 6) is 0.0974. The molecule has 4 nitrogen and oxygen atoms in total. The number of fused-ring (bicyclic) bond motifs is 1. The second-order valence-corrected chi connectivity index (χ2v) is 6.08. The Morgan fingerprint density at radius 1 is 1.05 bits per heavy atom. The normalized spacial score (nSPS) is 13.5. The molecular weight excluding hydrogens is 267 g/mol. The molecule has 0 saturated heterocycles. The first kappa shape index (κ1) is 13.7. The van der Waals surface area contributed by atoms with Crippen LogP contribution in [0.2, 0.25) is 0 Å². The molecule has 1 heterocycles. The lowest BCUT2D eigenvalue weighted by Crippen LogP contribution is -2.24. The van der Waals surface area contributed by atoms with Gasteiger partial charge in [-0.3, -0.25) is 0 Å². The molecule has 0 radical (unpaired) electrons. The Morgan fingerprint density at radius 2 is 1.76 bits per heavy atom. The van der Waals surface area contributed by atoms with E-state index >= 15 is 0 Å². The summed E-state index contributed by atoms with van der Waals surface area (Å²) in [4.78, 5) is 1.44. The molecular formula is C16H17FN4. The molecule has 0 N–H and O–H groups in total. The zero-order valence-corrected chi connectivity index (χ0v) is 12.3. The largest absolute Gasteiger partial charge is 0.233 e. The number of rotatable bonds is 2. The van der Waals surface area contributed by atoms with Crippen LogP contribution in [-0.4, -0.2) is 20.2 Å². The molecule has 1 unspecified atom stereocenters.